The summed E-state index contributed by atoms with van der Waals surface area (Å²) in [6, 6.07) is 3.56. The topological polar surface area (TPSA) is 40.6 Å². The molecule has 0 spiro atoms. The van der Waals surface area contributed by atoms with Gasteiger partial charge in [0.2, 0.25) is 0 Å². The SMILES string of the molecule is CN(C(=O)c1c(F)cccc1F)c1cccc(C(=O)N(Br)c2ccc(C(F)(C(F)(F)F)C(F)(F)F)cc2C(F)(F)F)c1F. The lowest BCUT2D eigenvalue weighted by molar-refractivity contribution is -0.348. The van der Waals surface area contributed by atoms with Crippen LogP contribution in [0.25, 0.3) is 0 Å². The Balaban J connectivity index is 2.10. The van der Waals surface area contributed by atoms with E-state index in [1.807, 2.05) is 0 Å². The minimum absolute atomic E-state index is 0.0883. The number of anilines is 2. The molecule has 0 aliphatic heterocycles. The number of hydrogen-bond acceptors (Lipinski definition) is 2. The summed E-state index contributed by atoms with van der Waals surface area (Å²) in [6.45, 7) is 0. The summed E-state index contributed by atoms with van der Waals surface area (Å²) < 4.78 is 178. The second kappa shape index (κ2) is 11.3. The molecule has 0 N–H and O–H groups in total. The van der Waals surface area contributed by atoms with E-state index in [1.165, 1.54) is 0 Å². The summed E-state index contributed by atoms with van der Waals surface area (Å²) in [5.74, 6) is -7.51. The molecule has 2 amide bonds. The van der Waals surface area contributed by atoms with Gasteiger partial charge in [-0.3, -0.25) is 9.59 Å². The van der Waals surface area contributed by atoms with Crippen molar-refractivity contribution in [1.82, 2.24) is 0 Å². The predicted molar refractivity (Wildman–Crippen MR) is 128 cm³/mol. The Kier molecular flexibility index (Phi) is 8.89. The molecule has 0 fully saturated rings. The molecule has 0 aromatic heterocycles. The van der Waals surface area contributed by atoms with E-state index in [2.05, 4.69) is 16.1 Å². The Labute approximate surface area is 240 Å². The first-order valence-electron chi connectivity index (χ1n) is 11.1. The third-order valence-corrected chi connectivity index (χ3v) is 6.63. The van der Waals surface area contributed by atoms with Crippen molar-refractivity contribution in [2.75, 3.05) is 15.9 Å². The van der Waals surface area contributed by atoms with Crippen LogP contribution in [0.15, 0.2) is 54.6 Å². The van der Waals surface area contributed by atoms with Gasteiger partial charge in [0.1, 0.15) is 17.2 Å². The average Bonchev–Trinajstić information content (AvgIpc) is 2.89. The van der Waals surface area contributed by atoms with E-state index in [1.54, 1.807) is 0 Å². The van der Waals surface area contributed by atoms with Gasteiger partial charge in [0, 0.05) is 12.6 Å². The average molecular weight is 699 g/mol. The van der Waals surface area contributed by atoms with Gasteiger partial charge in [0.05, 0.1) is 38.6 Å². The molecular formula is C25H12BrF13N2O2. The third-order valence-electron chi connectivity index (χ3n) is 5.92. The summed E-state index contributed by atoms with van der Waals surface area (Å²) in [5.41, 5.74) is -15.6. The van der Waals surface area contributed by atoms with Gasteiger partial charge in [-0.2, -0.15) is 39.5 Å². The molecule has 0 atom stereocenters. The summed E-state index contributed by atoms with van der Waals surface area (Å²) in [7, 11) is 0.831. The zero-order valence-electron chi connectivity index (χ0n) is 20.7. The Morgan fingerprint density at radius 2 is 1.21 bits per heavy atom. The quantitative estimate of drug-likeness (QED) is 0.198. The highest BCUT2D eigenvalue weighted by Crippen LogP contribution is 2.54. The van der Waals surface area contributed by atoms with E-state index >= 15 is 4.39 Å². The predicted octanol–water partition coefficient (Wildman–Crippen LogP) is 8.65. The highest BCUT2D eigenvalue weighted by atomic mass is 79.9. The van der Waals surface area contributed by atoms with Gasteiger partial charge in [0.15, 0.2) is 5.82 Å². The summed E-state index contributed by atoms with van der Waals surface area (Å²) in [5, 5.41) is 0. The van der Waals surface area contributed by atoms with Crippen LogP contribution in [0.4, 0.5) is 68.5 Å². The van der Waals surface area contributed by atoms with Gasteiger partial charge in [-0.15, -0.1) is 0 Å². The van der Waals surface area contributed by atoms with Gasteiger partial charge in [-0.1, -0.05) is 18.2 Å². The van der Waals surface area contributed by atoms with E-state index in [4.69, 9.17) is 0 Å². The van der Waals surface area contributed by atoms with Crippen molar-refractivity contribution in [3.8, 4) is 0 Å². The monoisotopic (exact) mass is 698 g/mol. The normalized spacial score (nSPS) is 12.7. The van der Waals surface area contributed by atoms with Crippen LogP contribution in [0, 0.1) is 17.5 Å². The molecule has 18 heteroatoms. The van der Waals surface area contributed by atoms with Crippen molar-refractivity contribution in [3.05, 3.63) is 94.3 Å². The van der Waals surface area contributed by atoms with E-state index in [9.17, 15) is 62.3 Å². The van der Waals surface area contributed by atoms with Crippen molar-refractivity contribution >= 4 is 39.3 Å². The molecule has 0 unspecified atom stereocenters. The second-order valence-electron chi connectivity index (χ2n) is 8.57. The van der Waals surface area contributed by atoms with Crippen molar-refractivity contribution in [1.29, 1.82) is 0 Å². The first-order valence-corrected chi connectivity index (χ1v) is 11.8. The molecule has 0 aliphatic carbocycles. The number of hydrogen-bond donors (Lipinski definition) is 0. The van der Waals surface area contributed by atoms with Crippen molar-refractivity contribution < 1.29 is 66.7 Å². The maximum atomic E-state index is 15.4. The molecule has 232 valence electrons. The smallest absolute Gasteiger partial charge is 0.308 e. The van der Waals surface area contributed by atoms with Crippen LogP contribution in [-0.4, -0.2) is 31.2 Å². The number of benzene rings is 3. The molecular weight excluding hydrogens is 687 g/mol. The molecule has 4 nitrogen and oxygen atoms in total. The zero-order valence-corrected chi connectivity index (χ0v) is 22.3. The van der Waals surface area contributed by atoms with E-state index < -0.39 is 93.2 Å². The molecule has 43 heavy (non-hydrogen) atoms. The highest BCUT2D eigenvalue weighted by Gasteiger charge is 2.73. The molecule has 0 saturated carbocycles. The first kappa shape index (κ1) is 33.7. The van der Waals surface area contributed by atoms with Crippen LogP contribution in [0.3, 0.4) is 0 Å². The van der Waals surface area contributed by atoms with E-state index in [-0.39, 0.29) is 16.1 Å². The lowest BCUT2D eigenvalue weighted by atomic mass is 9.92. The van der Waals surface area contributed by atoms with Gasteiger partial charge in [0.25, 0.3) is 11.8 Å². The standard InChI is InChI=1S/C25H12BrF13N2O2/c1-40(21(43)18-14(27)5-3-6-15(18)28)17-7-2-4-12(19(17)29)20(42)41(26)16-9-8-11(10-13(16)23(31,32)33)22(30,24(34,35)36)25(37,38)39/h2-10H,1H3. The minimum Gasteiger partial charge on any atom is -0.308 e. The molecule has 0 heterocycles. The number of carbonyl (C=O) groups is 2. The van der Waals surface area contributed by atoms with Gasteiger partial charge in [-0.05, 0) is 36.4 Å². The molecule has 3 aromatic rings. The van der Waals surface area contributed by atoms with E-state index in [0.29, 0.717) is 23.1 Å². The molecule has 0 radical (unpaired) electrons. The lowest BCUT2D eigenvalue weighted by Gasteiger charge is -2.31. The van der Waals surface area contributed by atoms with Crippen molar-refractivity contribution in [3.63, 3.8) is 0 Å². The molecule has 0 bridgehead atoms. The third kappa shape index (κ3) is 6.01. The molecule has 3 rings (SSSR count). The number of halogens is 14. The van der Waals surface area contributed by atoms with Crippen LogP contribution in [0.5, 0.6) is 0 Å². The Bertz CT molecular complexity index is 1530. The zero-order chi connectivity index (χ0) is 32.9. The Hall–Kier alpha value is -3.83. The summed E-state index contributed by atoms with van der Waals surface area (Å²) >= 11 is 2.37. The number of amides is 2. The number of carbonyl (C=O) groups excluding carboxylic acids is 2. The van der Waals surface area contributed by atoms with Crippen LogP contribution < -0.4 is 8.83 Å². The van der Waals surface area contributed by atoms with Crippen LogP contribution in [0.2, 0.25) is 0 Å². The van der Waals surface area contributed by atoms with Crippen molar-refractivity contribution in [2.24, 2.45) is 0 Å². The number of alkyl halides is 10. The maximum Gasteiger partial charge on any atom is 0.435 e. The number of rotatable bonds is 5. The van der Waals surface area contributed by atoms with Gasteiger partial charge in [-0.25, -0.2) is 21.5 Å². The summed E-state index contributed by atoms with van der Waals surface area (Å²) in [4.78, 5) is 26.0. The van der Waals surface area contributed by atoms with Crippen LogP contribution in [-0.2, 0) is 11.8 Å². The largest absolute Gasteiger partial charge is 0.435 e. The van der Waals surface area contributed by atoms with E-state index in [0.717, 1.165) is 25.2 Å². The van der Waals surface area contributed by atoms with Crippen LogP contribution >= 0.6 is 16.1 Å². The van der Waals surface area contributed by atoms with Crippen LogP contribution in [0.1, 0.15) is 31.8 Å². The fraction of sp³-hybridized carbons (Fsp3) is 0.200. The molecule has 0 aliphatic rings. The minimum atomic E-state index is -6.75. The Morgan fingerprint density at radius 1 is 0.698 bits per heavy atom. The molecule has 3 aromatic carbocycles. The highest BCUT2D eigenvalue weighted by molar-refractivity contribution is 9.10. The summed E-state index contributed by atoms with van der Waals surface area (Å²) in [6.07, 6.45) is -19.3. The van der Waals surface area contributed by atoms with Crippen molar-refractivity contribution in [2.45, 2.75) is 24.2 Å². The Morgan fingerprint density at radius 3 is 1.70 bits per heavy atom. The van der Waals surface area contributed by atoms with Gasteiger partial charge < -0.3 is 4.90 Å². The first-order chi connectivity index (χ1) is 19.6. The fourth-order valence-electron chi connectivity index (χ4n) is 3.77. The number of nitrogens with zero attached hydrogens (tertiary/aromatic N) is 2. The second-order valence-corrected chi connectivity index (χ2v) is 9.28. The lowest BCUT2D eigenvalue weighted by Crippen LogP contribution is -2.50. The maximum absolute atomic E-state index is 15.4. The molecule has 0 saturated heterocycles. The fourth-order valence-corrected chi connectivity index (χ4v) is 4.28. The van der Waals surface area contributed by atoms with Gasteiger partial charge >= 0.3 is 24.2 Å².